The van der Waals surface area contributed by atoms with Crippen molar-refractivity contribution in [2.24, 2.45) is 0 Å². The largest absolute Gasteiger partial charge is 0.454 e. The van der Waals surface area contributed by atoms with Crippen LogP contribution in [0.1, 0.15) is 15.4 Å². The van der Waals surface area contributed by atoms with E-state index in [0.29, 0.717) is 23.6 Å². The molecule has 18 heavy (non-hydrogen) atoms. The third kappa shape index (κ3) is 2.02. The second kappa shape index (κ2) is 4.66. The van der Waals surface area contributed by atoms with Crippen LogP contribution in [-0.4, -0.2) is 17.7 Å². The van der Waals surface area contributed by atoms with Gasteiger partial charge in [0.1, 0.15) is 5.01 Å². The smallest absolute Gasteiger partial charge is 0.255 e. The SMILES string of the molecule is O=C(NCc1nccs1)c1cccc2c1OCO2. The predicted octanol–water partition coefficient (Wildman–Crippen LogP) is 1.80. The summed E-state index contributed by atoms with van der Waals surface area (Å²) in [6.45, 7) is 0.577. The first-order chi connectivity index (χ1) is 8.84. The van der Waals surface area contributed by atoms with E-state index in [1.807, 2.05) is 5.38 Å². The van der Waals surface area contributed by atoms with E-state index < -0.39 is 0 Å². The van der Waals surface area contributed by atoms with E-state index in [4.69, 9.17) is 9.47 Å². The number of hydrogen-bond acceptors (Lipinski definition) is 5. The Balaban J connectivity index is 1.75. The van der Waals surface area contributed by atoms with Crippen molar-refractivity contribution in [2.45, 2.75) is 6.54 Å². The maximum absolute atomic E-state index is 12.0. The van der Waals surface area contributed by atoms with Gasteiger partial charge in [0.2, 0.25) is 6.79 Å². The quantitative estimate of drug-likeness (QED) is 0.916. The van der Waals surface area contributed by atoms with Crippen LogP contribution >= 0.6 is 11.3 Å². The number of carbonyl (C=O) groups excluding carboxylic acids is 1. The molecule has 3 rings (SSSR count). The van der Waals surface area contributed by atoms with E-state index in [2.05, 4.69) is 10.3 Å². The number of nitrogens with one attached hydrogen (secondary N) is 1. The van der Waals surface area contributed by atoms with Crippen molar-refractivity contribution in [3.63, 3.8) is 0 Å². The second-order valence-electron chi connectivity index (χ2n) is 3.65. The summed E-state index contributed by atoms with van der Waals surface area (Å²) in [6.07, 6.45) is 1.71. The minimum Gasteiger partial charge on any atom is -0.454 e. The number of para-hydroxylation sites is 1. The monoisotopic (exact) mass is 262 g/mol. The molecule has 0 atom stereocenters. The molecule has 1 amide bonds. The van der Waals surface area contributed by atoms with E-state index in [1.165, 1.54) is 11.3 Å². The maximum atomic E-state index is 12.0. The van der Waals surface area contributed by atoms with Gasteiger partial charge in [-0.2, -0.15) is 0 Å². The summed E-state index contributed by atoms with van der Waals surface area (Å²) in [7, 11) is 0. The van der Waals surface area contributed by atoms with Crippen LogP contribution in [0.15, 0.2) is 29.8 Å². The van der Waals surface area contributed by atoms with Crippen LogP contribution in [0.5, 0.6) is 11.5 Å². The fraction of sp³-hybridized carbons (Fsp3) is 0.167. The Kier molecular flexibility index (Phi) is 2.85. The lowest BCUT2D eigenvalue weighted by Crippen LogP contribution is -2.23. The van der Waals surface area contributed by atoms with Gasteiger partial charge < -0.3 is 14.8 Å². The van der Waals surface area contributed by atoms with E-state index in [9.17, 15) is 4.79 Å². The highest BCUT2D eigenvalue weighted by molar-refractivity contribution is 7.09. The molecule has 5 nitrogen and oxygen atoms in total. The van der Waals surface area contributed by atoms with Crippen molar-refractivity contribution in [1.29, 1.82) is 0 Å². The fourth-order valence-corrected chi connectivity index (χ4v) is 2.26. The van der Waals surface area contributed by atoms with E-state index >= 15 is 0 Å². The molecule has 0 saturated heterocycles. The predicted molar refractivity (Wildman–Crippen MR) is 65.8 cm³/mol. The normalized spacial score (nSPS) is 12.4. The Morgan fingerprint density at radius 1 is 1.44 bits per heavy atom. The standard InChI is InChI=1S/C12H10N2O3S/c15-12(14-6-10-13-4-5-18-10)8-2-1-3-9-11(8)17-7-16-9/h1-5H,6-7H2,(H,14,15). The second-order valence-corrected chi connectivity index (χ2v) is 4.63. The lowest BCUT2D eigenvalue weighted by atomic mass is 10.1. The van der Waals surface area contributed by atoms with Crippen LogP contribution in [-0.2, 0) is 6.54 Å². The zero-order valence-corrected chi connectivity index (χ0v) is 10.2. The number of carbonyl (C=O) groups is 1. The summed E-state index contributed by atoms with van der Waals surface area (Å²) >= 11 is 1.50. The van der Waals surface area contributed by atoms with Gasteiger partial charge in [-0.15, -0.1) is 11.3 Å². The summed E-state index contributed by atoms with van der Waals surface area (Å²) < 4.78 is 10.5. The minimum atomic E-state index is -0.187. The molecule has 1 N–H and O–H groups in total. The van der Waals surface area contributed by atoms with Gasteiger partial charge in [0.05, 0.1) is 12.1 Å². The maximum Gasteiger partial charge on any atom is 0.255 e. The summed E-state index contributed by atoms with van der Waals surface area (Å²) in [5, 5.41) is 5.55. The molecule has 0 bridgehead atoms. The summed E-state index contributed by atoms with van der Waals surface area (Å²) in [4.78, 5) is 16.1. The highest BCUT2D eigenvalue weighted by Gasteiger charge is 2.21. The van der Waals surface area contributed by atoms with Crippen LogP contribution in [0.3, 0.4) is 0 Å². The van der Waals surface area contributed by atoms with Gasteiger partial charge in [-0.05, 0) is 12.1 Å². The van der Waals surface area contributed by atoms with Gasteiger partial charge >= 0.3 is 0 Å². The van der Waals surface area contributed by atoms with Gasteiger partial charge in [0, 0.05) is 11.6 Å². The number of thiazole rings is 1. The molecule has 1 aromatic heterocycles. The number of rotatable bonds is 3. The Morgan fingerprint density at radius 3 is 3.22 bits per heavy atom. The molecule has 6 heteroatoms. The Hall–Kier alpha value is -2.08. The highest BCUT2D eigenvalue weighted by atomic mass is 32.1. The zero-order valence-electron chi connectivity index (χ0n) is 9.38. The van der Waals surface area contributed by atoms with Crippen molar-refractivity contribution in [2.75, 3.05) is 6.79 Å². The number of ether oxygens (including phenoxy) is 2. The molecule has 0 unspecified atom stereocenters. The number of nitrogens with zero attached hydrogens (tertiary/aromatic N) is 1. The molecule has 1 aliphatic heterocycles. The Labute approximate surface area is 107 Å². The molecule has 92 valence electrons. The van der Waals surface area contributed by atoms with Crippen molar-refractivity contribution in [1.82, 2.24) is 10.3 Å². The van der Waals surface area contributed by atoms with Gasteiger partial charge in [-0.1, -0.05) is 6.07 Å². The zero-order chi connectivity index (χ0) is 12.4. The van der Waals surface area contributed by atoms with Crippen LogP contribution in [0.25, 0.3) is 0 Å². The van der Waals surface area contributed by atoms with Gasteiger partial charge in [-0.3, -0.25) is 4.79 Å². The van der Waals surface area contributed by atoms with Crippen LogP contribution in [0.2, 0.25) is 0 Å². The lowest BCUT2D eigenvalue weighted by molar-refractivity contribution is 0.0946. The Bertz CT molecular complexity index is 569. The third-order valence-corrected chi connectivity index (χ3v) is 3.30. The van der Waals surface area contributed by atoms with E-state index in [-0.39, 0.29) is 12.7 Å². The molecule has 0 saturated carbocycles. The topological polar surface area (TPSA) is 60.5 Å². The molecule has 1 aromatic carbocycles. The first-order valence-corrected chi connectivity index (χ1v) is 6.28. The molecule has 0 spiro atoms. The molecule has 0 aliphatic carbocycles. The number of fused-ring (bicyclic) bond motifs is 1. The van der Waals surface area contributed by atoms with Crippen molar-refractivity contribution >= 4 is 17.2 Å². The van der Waals surface area contributed by atoms with Crippen molar-refractivity contribution < 1.29 is 14.3 Å². The van der Waals surface area contributed by atoms with Crippen molar-refractivity contribution in [3.8, 4) is 11.5 Å². The summed E-state index contributed by atoms with van der Waals surface area (Å²) in [6, 6.07) is 5.26. The summed E-state index contributed by atoms with van der Waals surface area (Å²) in [5.41, 5.74) is 0.488. The molecule has 0 radical (unpaired) electrons. The molecular weight excluding hydrogens is 252 g/mol. The summed E-state index contributed by atoms with van der Waals surface area (Å²) in [5.74, 6) is 0.929. The average Bonchev–Trinajstić information content (AvgIpc) is 3.05. The highest BCUT2D eigenvalue weighted by Crippen LogP contribution is 2.35. The Morgan fingerprint density at radius 2 is 2.39 bits per heavy atom. The molecular formula is C12H10N2O3S. The third-order valence-electron chi connectivity index (χ3n) is 2.52. The van der Waals surface area contributed by atoms with Gasteiger partial charge in [0.15, 0.2) is 11.5 Å². The number of hydrogen-bond donors (Lipinski definition) is 1. The molecule has 2 heterocycles. The first kappa shape index (κ1) is 11.0. The number of aromatic nitrogens is 1. The van der Waals surface area contributed by atoms with Gasteiger partial charge in [-0.25, -0.2) is 4.98 Å². The minimum absolute atomic E-state index is 0.159. The average molecular weight is 262 g/mol. The van der Waals surface area contributed by atoms with Crippen LogP contribution in [0.4, 0.5) is 0 Å². The lowest BCUT2D eigenvalue weighted by Gasteiger charge is -2.06. The van der Waals surface area contributed by atoms with Crippen LogP contribution in [0, 0.1) is 0 Å². The fourth-order valence-electron chi connectivity index (χ4n) is 1.70. The van der Waals surface area contributed by atoms with E-state index in [0.717, 1.165) is 5.01 Å². The number of benzene rings is 1. The molecule has 0 fully saturated rings. The van der Waals surface area contributed by atoms with E-state index in [1.54, 1.807) is 24.4 Å². The van der Waals surface area contributed by atoms with Gasteiger partial charge in [0.25, 0.3) is 5.91 Å². The number of amides is 1. The first-order valence-electron chi connectivity index (χ1n) is 5.40. The molecule has 1 aliphatic rings. The molecule has 2 aromatic rings. The van der Waals surface area contributed by atoms with Crippen LogP contribution < -0.4 is 14.8 Å². The van der Waals surface area contributed by atoms with Crippen molar-refractivity contribution in [3.05, 3.63) is 40.3 Å².